The standard InChI is InChI=1S/C30H42N4O8S/c1-29(2,3)32-28(38)42-24-13-9-7-5-6-8-11-20-19-30(20,31-25(35)23-12-10-18-34(23)26(24)36)27(37)33-43(39,40)22-16-14-21(41-4)15-17-22/h8,11,14-17,20,23-24H,5-7,9-10,12-13,18-19H2,1-4H3,(H,31,35)(H,32,38)(H,33,37)/t20-,23+,24+,30-/m1/s1. The Balaban J connectivity index is 1.55. The first-order chi connectivity index (χ1) is 20.3. The lowest BCUT2D eigenvalue weighted by Gasteiger charge is -2.30. The summed E-state index contributed by atoms with van der Waals surface area (Å²) in [6.45, 7) is 5.72. The van der Waals surface area contributed by atoms with Gasteiger partial charge in [0, 0.05) is 18.0 Å². The molecule has 0 bridgehead atoms. The van der Waals surface area contributed by atoms with Crippen LogP contribution in [0, 0.1) is 5.92 Å². The molecule has 1 saturated heterocycles. The van der Waals surface area contributed by atoms with Crippen LogP contribution in [0.2, 0.25) is 0 Å². The van der Waals surface area contributed by atoms with E-state index in [4.69, 9.17) is 9.47 Å². The van der Waals surface area contributed by atoms with Crippen LogP contribution in [-0.2, 0) is 29.1 Å². The van der Waals surface area contributed by atoms with Crippen molar-refractivity contribution in [3.63, 3.8) is 0 Å². The Hall–Kier alpha value is -3.61. The number of rotatable bonds is 5. The van der Waals surface area contributed by atoms with Crippen LogP contribution >= 0.6 is 0 Å². The highest BCUT2D eigenvalue weighted by atomic mass is 32.2. The molecule has 4 rings (SSSR count). The van der Waals surface area contributed by atoms with E-state index < -0.39 is 63.0 Å². The summed E-state index contributed by atoms with van der Waals surface area (Å²) in [4.78, 5) is 54.7. The van der Waals surface area contributed by atoms with Gasteiger partial charge in [-0.3, -0.25) is 14.4 Å². The van der Waals surface area contributed by atoms with Crippen molar-refractivity contribution in [1.82, 2.24) is 20.3 Å². The molecule has 236 valence electrons. The molecule has 12 nitrogen and oxygen atoms in total. The fourth-order valence-electron chi connectivity index (χ4n) is 5.53. The van der Waals surface area contributed by atoms with Crippen LogP contribution in [-0.4, -0.2) is 74.0 Å². The van der Waals surface area contributed by atoms with Crippen molar-refractivity contribution in [1.29, 1.82) is 0 Å². The quantitative estimate of drug-likeness (QED) is 0.425. The average Bonchev–Trinajstić information content (AvgIpc) is 3.40. The minimum Gasteiger partial charge on any atom is -0.497 e. The van der Waals surface area contributed by atoms with Gasteiger partial charge in [-0.05, 0) is 90.0 Å². The molecule has 3 N–H and O–H groups in total. The van der Waals surface area contributed by atoms with Gasteiger partial charge in [0.25, 0.3) is 21.8 Å². The fourth-order valence-corrected chi connectivity index (χ4v) is 6.57. The van der Waals surface area contributed by atoms with Crippen LogP contribution in [0.1, 0.15) is 72.1 Å². The van der Waals surface area contributed by atoms with Crippen molar-refractivity contribution >= 4 is 33.8 Å². The van der Waals surface area contributed by atoms with Crippen LogP contribution in [0.15, 0.2) is 41.3 Å². The molecule has 0 spiro atoms. The summed E-state index contributed by atoms with van der Waals surface area (Å²) in [5.74, 6) is -1.79. The lowest BCUT2D eigenvalue weighted by Crippen LogP contribution is -2.57. The van der Waals surface area contributed by atoms with E-state index in [1.54, 1.807) is 20.8 Å². The first-order valence-electron chi connectivity index (χ1n) is 14.7. The van der Waals surface area contributed by atoms with E-state index in [0.29, 0.717) is 44.4 Å². The summed E-state index contributed by atoms with van der Waals surface area (Å²) in [6, 6.07) is 4.71. The third-order valence-electron chi connectivity index (χ3n) is 7.91. The molecule has 2 heterocycles. The largest absolute Gasteiger partial charge is 0.497 e. The lowest BCUT2D eigenvalue weighted by molar-refractivity contribution is -0.146. The van der Waals surface area contributed by atoms with Gasteiger partial charge in [-0.2, -0.15) is 0 Å². The summed E-state index contributed by atoms with van der Waals surface area (Å²) in [7, 11) is -2.78. The van der Waals surface area contributed by atoms with Crippen LogP contribution in [0.5, 0.6) is 5.75 Å². The molecule has 13 heteroatoms. The number of carbonyl (C=O) groups is 4. The highest BCUT2D eigenvalue weighted by Gasteiger charge is 2.61. The molecule has 4 amide bonds. The Kier molecular flexibility index (Phi) is 9.73. The average molecular weight is 619 g/mol. The predicted octanol–water partition coefficient (Wildman–Crippen LogP) is 2.78. The summed E-state index contributed by atoms with van der Waals surface area (Å²) < 4.78 is 38.9. The number of hydrogen-bond donors (Lipinski definition) is 3. The Bertz CT molecular complexity index is 1350. The zero-order chi connectivity index (χ0) is 31.4. The summed E-state index contributed by atoms with van der Waals surface area (Å²) >= 11 is 0. The van der Waals surface area contributed by atoms with Gasteiger partial charge < -0.3 is 25.0 Å². The van der Waals surface area contributed by atoms with Crippen LogP contribution in [0.25, 0.3) is 0 Å². The molecule has 1 aliphatic carbocycles. The molecule has 0 aromatic heterocycles. The number of fused-ring (bicyclic) bond motifs is 2. The number of ether oxygens (including phenoxy) is 2. The molecule has 1 saturated carbocycles. The molecular formula is C30H42N4O8S. The van der Waals surface area contributed by atoms with E-state index in [0.717, 1.165) is 12.8 Å². The van der Waals surface area contributed by atoms with Crippen molar-refractivity contribution in [3.05, 3.63) is 36.4 Å². The number of sulfonamides is 1. The van der Waals surface area contributed by atoms with Crippen LogP contribution < -0.4 is 20.1 Å². The number of hydrogen-bond acceptors (Lipinski definition) is 8. The number of alkyl carbamates (subject to hydrolysis) is 1. The third-order valence-corrected chi connectivity index (χ3v) is 9.26. The van der Waals surface area contributed by atoms with Crippen molar-refractivity contribution in [3.8, 4) is 5.75 Å². The third kappa shape index (κ3) is 7.87. The maximum atomic E-state index is 13.7. The van der Waals surface area contributed by atoms with Gasteiger partial charge in [0.1, 0.15) is 17.3 Å². The molecule has 2 aliphatic heterocycles. The zero-order valence-electron chi connectivity index (χ0n) is 25.2. The molecule has 43 heavy (non-hydrogen) atoms. The van der Waals surface area contributed by atoms with E-state index in [9.17, 15) is 27.6 Å². The van der Waals surface area contributed by atoms with Gasteiger partial charge in [-0.25, -0.2) is 17.9 Å². The maximum absolute atomic E-state index is 13.7. The second kappa shape index (κ2) is 12.9. The minimum absolute atomic E-state index is 0.122. The summed E-state index contributed by atoms with van der Waals surface area (Å²) in [5, 5.41) is 5.52. The number of nitrogens with one attached hydrogen (secondary N) is 3. The zero-order valence-corrected chi connectivity index (χ0v) is 26.0. The second-order valence-electron chi connectivity index (χ2n) is 12.4. The smallest absolute Gasteiger partial charge is 0.408 e. The fraction of sp³-hybridized carbons (Fsp3) is 0.600. The van der Waals surface area contributed by atoms with E-state index in [2.05, 4.69) is 15.4 Å². The first-order valence-corrected chi connectivity index (χ1v) is 16.2. The Morgan fingerprint density at radius 1 is 1.05 bits per heavy atom. The summed E-state index contributed by atoms with van der Waals surface area (Å²) in [5.41, 5.74) is -2.04. The Labute approximate surface area is 253 Å². The maximum Gasteiger partial charge on any atom is 0.408 e. The molecule has 3 aliphatic rings. The van der Waals surface area contributed by atoms with Crippen molar-refractivity contribution < 1.29 is 37.1 Å². The second-order valence-corrected chi connectivity index (χ2v) is 14.1. The Morgan fingerprint density at radius 2 is 1.77 bits per heavy atom. The van der Waals surface area contributed by atoms with Gasteiger partial charge in [-0.15, -0.1) is 0 Å². The van der Waals surface area contributed by atoms with Crippen molar-refractivity contribution in [2.24, 2.45) is 5.92 Å². The molecule has 0 radical (unpaired) electrons. The SMILES string of the molecule is COc1ccc(S(=O)(=O)NC(=O)[C@@]23C[C@H]2C=CCCCCC[C@H](OC(=O)NC(C)(C)C)C(=O)N2CCC[C@H]2C(=O)N3)cc1. The van der Waals surface area contributed by atoms with Gasteiger partial charge in [0.05, 0.1) is 12.0 Å². The van der Waals surface area contributed by atoms with Gasteiger partial charge in [0.2, 0.25) is 5.91 Å². The molecule has 1 aromatic carbocycles. The van der Waals surface area contributed by atoms with E-state index in [1.807, 2.05) is 12.2 Å². The molecule has 4 atom stereocenters. The molecular weight excluding hydrogens is 576 g/mol. The summed E-state index contributed by atoms with van der Waals surface area (Å²) in [6.07, 6.45) is 6.42. The highest BCUT2D eigenvalue weighted by molar-refractivity contribution is 7.90. The predicted molar refractivity (Wildman–Crippen MR) is 157 cm³/mol. The first kappa shape index (κ1) is 32.3. The highest BCUT2D eigenvalue weighted by Crippen LogP contribution is 2.45. The normalized spacial score (nSPS) is 26.6. The number of methoxy groups -OCH3 is 1. The monoisotopic (exact) mass is 618 g/mol. The van der Waals surface area contributed by atoms with Crippen LogP contribution in [0.3, 0.4) is 0 Å². The topological polar surface area (TPSA) is 160 Å². The lowest BCUT2D eigenvalue weighted by atomic mass is 10.1. The van der Waals surface area contributed by atoms with Crippen molar-refractivity contribution in [2.45, 2.75) is 100 Å². The number of carbonyl (C=O) groups excluding carboxylic acids is 4. The number of benzene rings is 1. The Morgan fingerprint density at radius 3 is 2.44 bits per heavy atom. The van der Waals surface area contributed by atoms with E-state index >= 15 is 0 Å². The van der Waals surface area contributed by atoms with Crippen molar-refractivity contribution in [2.75, 3.05) is 13.7 Å². The number of nitrogens with zero attached hydrogens (tertiary/aromatic N) is 1. The van der Waals surface area contributed by atoms with Gasteiger partial charge in [-0.1, -0.05) is 18.6 Å². The van der Waals surface area contributed by atoms with E-state index in [-0.39, 0.29) is 11.3 Å². The van der Waals surface area contributed by atoms with Gasteiger partial charge in [0.15, 0.2) is 6.10 Å². The minimum atomic E-state index is -4.24. The van der Waals surface area contributed by atoms with E-state index in [1.165, 1.54) is 36.3 Å². The number of amides is 4. The molecule has 2 fully saturated rings. The molecule has 1 aromatic rings. The van der Waals surface area contributed by atoms with Gasteiger partial charge >= 0.3 is 6.09 Å². The number of allylic oxidation sites excluding steroid dienone is 1. The van der Waals surface area contributed by atoms with Crippen LogP contribution in [0.4, 0.5) is 4.79 Å². The molecule has 0 unspecified atom stereocenters.